The molecule has 2 heterocycles. The van der Waals surface area contributed by atoms with Gasteiger partial charge in [0, 0.05) is 6.20 Å². The fourth-order valence-corrected chi connectivity index (χ4v) is 2.03. The Kier molecular flexibility index (Phi) is 4.71. The molecule has 2 aromatic rings. The van der Waals surface area contributed by atoms with Crippen LogP contribution in [0.4, 0.5) is 13.2 Å². The zero-order valence-corrected chi connectivity index (χ0v) is 12.3. The summed E-state index contributed by atoms with van der Waals surface area (Å²) < 4.78 is 44.6. The molecule has 0 fully saturated rings. The molecular weight excluding hydrogens is 355 g/mol. The van der Waals surface area contributed by atoms with Gasteiger partial charge in [0.1, 0.15) is 18.8 Å². The van der Waals surface area contributed by atoms with Gasteiger partial charge in [0.2, 0.25) is 5.91 Å². The van der Waals surface area contributed by atoms with Crippen molar-refractivity contribution in [2.24, 2.45) is 0 Å². The molecule has 0 N–H and O–H groups in total. The van der Waals surface area contributed by atoms with Crippen LogP contribution in [0.25, 0.3) is 0 Å². The van der Waals surface area contributed by atoms with Gasteiger partial charge in [0.05, 0.1) is 23.5 Å². The number of hydrogen-bond acceptors (Lipinski definition) is 3. The lowest BCUT2D eigenvalue weighted by atomic mass is 10.3. The van der Waals surface area contributed by atoms with Crippen molar-refractivity contribution >= 4 is 21.8 Å². The predicted molar refractivity (Wildman–Crippen MR) is 70.1 cm³/mol. The molecule has 0 aliphatic rings. The molecule has 0 saturated heterocycles. The van der Waals surface area contributed by atoms with E-state index in [1.807, 2.05) is 0 Å². The minimum Gasteiger partial charge on any atom is -0.467 e. The van der Waals surface area contributed by atoms with Gasteiger partial charge >= 0.3 is 6.18 Å². The fraction of sp³-hybridized carbons (Fsp3) is 0.333. The van der Waals surface area contributed by atoms with Crippen molar-refractivity contribution in [3.8, 4) is 0 Å². The lowest BCUT2D eigenvalue weighted by Crippen LogP contribution is -2.40. The van der Waals surface area contributed by atoms with Gasteiger partial charge in [0.15, 0.2) is 0 Å². The zero-order valence-electron chi connectivity index (χ0n) is 10.7. The summed E-state index contributed by atoms with van der Waals surface area (Å²) in [5, 5.41) is 3.85. The van der Waals surface area contributed by atoms with Gasteiger partial charge < -0.3 is 9.32 Å². The Labute approximate surface area is 126 Å². The molecule has 0 atom stereocenters. The topological polar surface area (TPSA) is 51.3 Å². The Hall–Kier alpha value is -1.77. The molecule has 0 unspecified atom stereocenters. The maximum atomic E-state index is 12.6. The summed E-state index contributed by atoms with van der Waals surface area (Å²) in [7, 11) is 0. The first kappa shape index (κ1) is 15.6. The quantitative estimate of drug-likeness (QED) is 0.818. The number of nitrogens with zero attached hydrogens (tertiary/aromatic N) is 3. The third-order valence-corrected chi connectivity index (χ3v) is 2.96. The number of amides is 1. The highest BCUT2D eigenvalue weighted by Gasteiger charge is 2.33. The molecule has 21 heavy (non-hydrogen) atoms. The number of rotatable bonds is 5. The predicted octanol–water partition coefficient (Wildman–Crippen LogP) is 2.83. The first-order valence-electron chi connectivity index (χ1n) is 5.88. The van der Waals surface area contributed by atoms with Crippen LogP contribution in [0.5, 0.6) is 0 Å². The third kappa shape index (κ3) is 4.92. The Morgan fingerprint density at radius 2 is 2.24 bits per heavy atom. The molecule has 0 aliphatic carbocycles. The van der Waals surface area contributed by atoms with Gasteiger partial charge in [-0.2, -0.15) is 18.3 Å². The number of hydrogen-bond donors (Lipinski definition) is 0. The van der Waals surface area contributed by atoms with Crippen molar-refractivity contribution in [3.63, 3.8) is 0 Å². The number of carbonyl (C=O) groups is 1. The standard InChI is InChI=1S/C12H11BrF3N3O2/c13-9-4-17-19(5-9)7-11(20)18(8-12(14,15)16)6-10-2-1-3-21-10/h1-5H,6-8H2. The minimum atomic E-state index is -4.48. The van der Waals surface area contributed by atoms with E-state index in [1.165, 1.54) is 29.4 Å². The molecule has 0 aromatic carbocycles. The van der Waals surface area contributed by atoms with E-state index in [4.69, 9.17) is 4.42 Å². The van der Waals surface area contributed by atoms with Crippen LogP contribution in [0, 0.1) is 0 Å². The van der Waals surface area contributed by atoms with Gasteiger partial charge in [0.25, 0.3) is 0 Å². The van der Waals surface area contributed by atoms with Gasteiger partial charge in [-0.1, -0.05) is 0 Å². The number of furan rings is 1. The highest BCUT2D eigenvalue weighted by molar-refractivity contribution is 9.10. The fourth-order valence-electron chi connectivity index (χ4n) is 1.70. The second kappa shape index (κ2) is 6.33. The smallest absolute Gasteiger partial charge is 0.406 e. The van der Waals surface area contributed by atoms with Crippen molar-refractivity contribution in [2.45, 2.75) is 19.3 Å². The number of carbonyl (C=O) groups excluding carboxylic acids is 1. The summed E-state index contributed by atoms with van der Waals surface area (Å²) in [6.45, 7) is -1.86. The molecule has 9 heteroatoms. The van der Waals surface area contributed by atoms with E-state index in [0.29, 0.717) is 9.37 Å². The number of aromatic nitrogens is 2. The molecule has 0 saturated carbocycles. The Morgan fingerprint density at radius 3 is 2.76 bits per heavy atom. The Morgan fingerprint density at radius 1 is 1.48 bits per heavy atom. The maximum absolute atomic E-state index is 12.6. The van der Waals surface area contributed by atoms with Gasteiger partial charge in [-0.25, -0.2) is 0 Å². The molecule has 2 rings (SSSR count). The lowest BCUT2D eigenvalue weighted by Gasteiger charge is -2.23. The summed E-state index contributed by atoms with van der Waals surface area (Å²) in [6.07, 6.45) is -0.173. The highest BCUT2D eigenvalue weighted by atomic mass is 79.9. The summed E-state index contributed by atoms with van der Waals surface area (Å²) in [5.74, 6) is -0.409. The normalized spacial score (nSPS) is 11.6. The Balaban J connectivity index is 2.08. The monoisotopic (exact) mass is 365 g/mol. The first-order valence-corrected chi connectivity index (χ1v) is 6.67. The molecular formula is C12H11BrF3N3O2. The Bertz CT molecular complexity index is 595. The van der Waals surface area contributed by atoms with Crippen LogP contribution in [-0.4, -0.2) is 33.3 Å². The van der Waals surface area contributed by atoms with E-state index in [-0.39, 0.29) is 18.8 Å². The van der Waals surface area contributed by atoms with Crippen molar-refractivity contribution in [2.75, 3.05) is 6.54 Å². The van der Waals surface area contributed by atoms with Crippen LogP contribution in [0.15, 0.2) is 39.7 Å². The largest absolute Gasteiger partial charge is 0.467 e. The molecule has 0 aliphatic heterocycles. The number of alkyl halides is 3. The molecule has 2 aromatic heterocycles. The van der Waals surface area contributed by atoms with Crippen LogP contribution in [0.1, 0.15) is 5.76 Å². The van der Waals surface area contributed by atoms with Crippen molar-refractivity contribution in [1.29, 1.82) is 0 Å². The highest BCUT2D eigenvalue weighted by Crippen LogP contribution is 2.19. The molecule has 0 bridgehead atoms. The summed E-state index contributed by atoms with van der Waals surface area (Å²) in [5.41, 5.74) is 0. The van der Waals surface area contributed by atoms with Gasteiger partial charge in [-0.3, -0.25) is 9.48 Å². The summed E-state index contributed by atoms with van der Waals surface area (Å²) in [6, 6.07) is 3.07. The molecule has 0 spiro atoms. The van der Waals surface area contributed by atoms with E-state index < -0.39 is 18.6 Å². The molecule has 1 amide bonds. The summed E-state index contributed by atoms with van der Waals surface area (Å²) >= 11 is 3.15. The van der Waals surface area contributed by atoms with E-state index >= 15 is 0 Å². The summed E-state index contributed by atoms with van der Waals surface area (Å²) in [4.78, 5) is 12.7. The van der Waals surface area contributed by atoms with Crippen LogP contribution in [0.3, 0.4) is 0 Å². The second-order valence-electron chi connectivity index (χ2n) is 4.30. The van der Waals surface area contributed by atoms with Crippen LogP contribution < -0.4 is 0 Å². The second-order valence-corrected chi connectivity index (χ2v) is 5.22. The van der Waals surface area contributed by atoms with Crippen LogP contribution >= 0.6 is 15.9 Å². The minimum absolute atomic E-state index is 0.242. The van der Waals surface area contributed by atoms with Gasteiger partial charge in [-0.15, -0.1) is 0 Å². The van der Waals surface area contributed by atoms with E-state index in [1.54, 1.807) is 6.07 Å². The zero-order chi connectivity index (χ0) is 15.5. The first-order chi connectivity index (χ1) is 9.83. The number of halogens is 4. The lowest BCUT2D eigenvalue weighted by molar-refractivity contribution is -0.163. The average Bonchev–Trinajstić information content (AvgIpc) is 2.98. The van der Waals surface area contributed by atoms with E-state index in [9.17, 15) is 18.0 Å². The molecule has 114 valence electrons. The van der Waals surface area contributed by atoms with Crippen molar-refractivity contribution in [1.82, 2.24) is 14.7 Å². The van der Waals surface area contributed by atoms with Crippen LogP contribution in [-0.2, 0) is 17.9 Å². The third-order valence-electron chi connectivity index (χ3n) is 2.55. The van der Waals surface area contributed by atoms with Crippen LogP contribution in [0.2, 0.25) is 0 Å². The molecule has 0 radical (unpaired) electrons. The van der Waals surface area contributed by atoms with E-state index in [0.717, 1.165) is 0 Å². The average molecular weight is 366 g/mol. The van der Waals surface area contributed by atoms with E-state index in [2.05, 4.69) is 21.0 Å². The van der Waals surface area contributed by atoms with Crippen molar-refractivity contribution < 1.29 is 22.4 Å². The van der Waals surface area contributed by atoms with Gasteiger partial charge in [-0.05, 0) is 28.1 Å². The SMILES string of the molecule is O=C(Cn1cc(Br)cn1)N(Cc1ccco1)CC(F)(F)F. The van der Waals surface area contributed by atoms with Crippen molar-refractivity contribution in [3.05, 3.63) is 41.0 Å². The molecule has 5 nitrogen and oxygen atoms in total. The maximum Gasteiger partial charge on any atom is 0.406 e.